The van der Waals surface area contributed by atoms with E-state index in [-0.39, 0.29) is 18.6 Å². The minimum absolute atomic E-state index is 0.0445. The molecule has 1 amide bonds. The van der Waals surface area contributed by atoms with Crippen LogP contribution in [-0.2, 0) is 0 Å². The van der Waals surface area contributed by atoms with Crippen molar-refractivity contribution in [1.29, 1.82) is 0 Å². The molecule has 0 spiro atoms. The van der Waals surface area contributed by atoms with Gasteiger partial charge in [0.25, 0.3) is 5.91 Å². The highest BCUT2D eigenvalue weighted by Crippen LogP contribution is 2.22. The summed E-state index contributed by atoms with van der Waals surface area (Å²) in [6.07, 6.45) is 0.521. The summed E-state index contributed by atoms with van der Waals surface area (Å²) in [4.78, 5) is 11.7. The molecule has 0 fully saturated rings. The van der Waals surface area contributed by atoms with Crippen LogP contribution in [0.15, 0.2) is 18.2 Å². The Kier molecular flexibility index (Phi) is 5.06. The standard InChI is InChI=1S/C11H13Cl2NO2/c1-7(4-5-15)14-11(16)8-2-3-9(12)10(13)6-8/h2-3,6-7,15H,4-5H2,1H3,(H,14,16). The first kappa shape index (κ1) is 13.3. The minimum atomic E-state index is -0.223. The third-order valence-corrected chi connectivity index (χ3v) is 2.86. The molecule has 3 nitrogen and oxygen atoms in total. The first-order valence-corrected chi connectivity index (χ1v) is 5.67. The molecule has 0 bridgehead atoms. The van der Waals surface area contributed by atoms with Gasteiger partial charge in [-0.3, -0.25) is 4.79 Å². The first-order chi connectivity index (χ1) is 7.54. The third-order valence-electron chi connectivity index (χ3n) is 2.12. The van der Waals surface area contributed by atoms with E-state index in [4.69, 9.17) is 28.3 Å². The zero-order valence-corrected chi connectivity index (χ0v) is 10.3. The maximum atomic E-state index is 11.7. The Morgan fingerprint density at radius 2 is 2.12 bits per heavy atom. The first-order valence-electron chi connectivity index (χ1n) is 4.91. The van der Waals surface area contributed by atoms with Crippen molar-refractivity contribution in [1.82, 2.24) is 5.32 Å². The molecule has 88 valence electrons. The zero-order chi connectivity index (χ0) is 12.1. The quantitative estimate of drug-likeness (QED) is 0.875. The van der Waals surface area contributed by atoms with E-state index in [0.717, 1.165) is 0 Å². The zero-order valence-electron chi connectivity index (χ0n) is 8.84. The molecule has 1 atom stereocenters. The maximum absolute atomic E-state index is 11.7. The SMILES string of the molecule is CC(CCO)NC(=O)c1ccc(Cl)c(Cl)c1. The molecule has 0 heterocycles. The van der Waals surface area contributed by atoms with Crippen LogP contribution in [0.25, 0.3) is 0 Å². The van der Waals surface area contributed by atoms with Crippen LogP contribution >= 0.6 is 23.2 Å². The Hall–Kier alpha value is -0.770. The fourth-order valence-corrected chi connectivity index (χ4v) is 1.51. The number of benzene rings is 1. The van der Waals surface area contributed by atoms with Crippen LogP contribution in [0, 0.1) is 0 Å². The van der Waals surface area contributed by atoms with Crippen LogP contribution in [0.5, 0.6) is 0 Å². The minimum Gasteiger partial charge on any atom is -0.396 e. The van der Waals surface area contributed by atoms with E-state index >= 15 is 0 Å². The molecule has 2 N–H and O–H groups in total. The molecule has 5 heteroatoms. The van der Waals surface area contributed by atoms with Gasteiger partial charge in [-0.15, -0.1) is 0 Å². The Morgan fingerprint density at radius 3 is 2.69 bits per heavy atom. The number of hydrogen-bond donors (Lipinski definition) is 2. The Bertz CT molecular complexity index is 382. The van der Waals surface area contributed by atoms with Gasteiger partial charge in [0, 0.05) is 18.2 Å². The topological polar surface area (TPSA) is 49.3 Å². The van der Waals surface area contributed by atoms with E-state index in [2.05, 4.69) is 5.32 Å². The number of hydrogen-bond acceptors (Lipinski definition) is 2. The van der Waals surface area contributed by atoms with Crippen LogP contribution in [0.3, 0.4) is 0 Å². The number of aliphatic hydroxyl groups is 1. The lowest BCUT2D eigenvalue weighted by atomic mass is 10.2. The smallest absolute Gasteiger partial charge is 0.251 e. The van der Waals surface area contributed by atoms with Gasteiger partial charge in [0.05, 0.1) is 10.0 Å². The highest BCUT2D eigenvalue weighted by molar-refractivity contribution is 6.42. The molecule has 0 aliphatic carbocycles. The summed E-state index contributed by atoms with van der Waals surface area (Å²) in [6, 6.07) is 4.63. The van der Waals surface area contributed by atoms with Crippen molar-refractivity contribution in [3.05, 3.63) is 33.8 Å². The van der Waals surface area contributed by atoms with E-state index < -0.39 is 0 Å². The molecular weight excluding hydrogens is 249 g/mol. The van der Waals surface area contributed by atoms with Gasteiger partial charge in [0.1, 0.15) is 0 Å². The number of carbonyl (C=O) groups excluding carboxylic acids is 1. The van der Waals surface area contributed by atoms with Crippen molar-refractivity contribution in [3.8, 4) is 0 Å². The Labute approximate surface area is 104 Å². The predicted molar refractivity (Wildman–Crippen MR) is 65.1 cm³/mol. The molecule has 0 aliphatic rings. The van der Waals surface area contributed by atoms with Crippen molar-refractivity contribution >= 4 is 29.1 Å². The summed E-state index contributed by atoms with van der Waals surface area (Å²) in [7, 11) is 0. The van der Waals surface area contributed by atoms with E-state index in [0.29, 0.717) is 22.0 Å². The lowest BCUT2D eigenvalue weighted by Crippen LogP contribution is -2.33. The van der Waals surface area contributed by atoms with Gasteiger partial charge in [0.2, 0.25) is 0 Å². The van der Waals surface area contributed by atoms with Gasteiger partial charge >= 0.3 is 0 Å². The van der Waals surface area contributed by atoms with Crippen LogP contribution in [-0.4, -0.2) is 23.7 Å². The van der Waals surface area contributed by atoms with Crippen molar-refractivity contribution in [2.24, 2.45) is 0 Å². The lowest BCUT2D eigenvalue weighted by molar-refractivity contribution is 0.0934. The number of halogens is 2. The van der Waals surface area contributed by atoms with Crippen molar-refractivity contribution < 1.29 is 9.90 Å². The van der Waals surface area contributed by atoms with Gasteiger partial charge in [0.15, 0.2) is 0 Å². The molecule has 0 radical (unpaired) electrons. The molecule has 1 aromatic rings. The average molecular weight is 262 g/mol. The Balaban J connectivity index is 2.69. The number of amides is 1. The maximum Gasteiger partial charge on any atom is 0.251 e. The summed E-state index contributed by atoms with van der Waals surface area (Å²) < 4.78 is 0. The van der Waals surface area contributed by atoms with Crippen molar-refractivity contribution in [2.75, 3.05) is 6.61 Å². The molecule has 1 aromatic carbocycles. The molecule has 16 heavy (non-hydrogen) atoms. The second-order valence-corrected chi connectivity index (χ2v) is 4.33. The Morgan fingerprint density at radius 1 is 1.44 bits per heavy atom. The largest absolute Gasteiger partial charge is 0.396 e. The van der Waals surface area contributed by atoms with Gasteiger partial charge in [-0.1, -0.05) is 23.2 Å². The molecular formula is C11H13Cl2NO2. The van der Waals surface area contributed by atoms with Crippen LogP contribution in [0.2, 0.25) is 10.0 Å². The van der Waals surface area contributed by atoms with E-state index in [1.54, 1.807) is 12.1 Å². The molecule has 1 unspecified atom stereocenters. The number of carbonyl (C=O) groups is 1. The second-order valence-electron chi connectivity index (χ2n) is 3.52. The molecule has 0 saturated carbocycles. The number of aliphatic hydroxyl groups excluding tert-OH is 1. The fourth-order valence-electron chi connectivity index (χ4n) is 1.21. The summed E-state index contributed by atoms with van der Waals surface area (Å²) in [5.41, 5.74) is 0.458. The van der Waals surface area contributed by atoms with Crippen molar-refractivity contribution in [3.63, 3.8) is 0 Å². The van der Waals surface area contributed by atoms with E-state index in [1.165, 1.54) is 6.07 Å². The summed E-state index contributed by atoms with van der Waals surface area (Å²) in [5, 5.41) is 12.2. The summed E-state index contributed by atoms with van der Waals surface area (Å²) in [5.74, 6) is -0.223. The monoisotopic (exact) mass is 261 g/mol. The van der Waals surface area contributed by atoms with Crippen LogP contribution in [0.4, 0.5) is 0 Å². The van der Waals surface area contributed by atoms with Crippen LogP contribution < -0.4 is 5.32 Å². The summed E-state index contributed by atoms with van der Waals surface area (Å²) >= 11 is 11.5. The molecule has 0 aliphatic heterocycles. The highest BCUT2D eigenvalue weighted by atomic mass is 35.5. The molecule has 0 aromatic heterocycles. The fraction of sp³-hybridized carbons (Fsp3) is 0.364. The second kappa shape index (κ2) is 6.09. The molecule has 0 saturated heterocycles. The van der Waals surface area contributed by atoms with E-state index in [1.807, 2.05) is 6.92 Å². The van der Waals surface area contributed by atoms with Crippen LogP contribution in [0.1, 0.15) is 23.7 Å². The highest BCUT2D eigenvalue weighted by Gasteiger charge is 2.10. The summed E-state index contributed by atoms with van der Waals surface area (Å²) in [6.45, 7) is 1.87. The normalized spacial score (nSPS) is 12.2. The molecule has 1 rings (SSSR count). The van der Waals surface area contributed by atoms with Crippen molar-refractivity contribution in [2.45, 2.75) is 19.4 Å². The average Bonchev–Trinajstić information content (AvgIpc) is 2.22. The third kappa shape index (κ3) is 3.67. The van der Waals surface area contributed by atoms with Gasteiger partial charge in [-0.25, -0.2) is 0 Å². The predicted octanol–water partition coefficient (Wildman–Crippen LogP) is 2.49. The van der Waals surface area contributed by atoms with E-state index in [9.17, 15) is 4.79 Å². The van der Waals surface area contributed by atoms with Gasteiger partial charge < -0.3 is 10.4 Å². The lowest BCUT2D eigenvalue weighted by Gasteiger charge is -2.12. The van der Waals surface area contributed by atoms with Gasteiger partial charge in [-0.05, 0) is 31.5 Å². The number of rotatable bonds is 4. The van der Waals surface area contributed by atoms with Gasteiger partial charge in [-0.2, -0.15) is 0 Å². The number of nitrogens with one attached hydrogen (secondary N) is 1.